The molecule has 1 atom stereocenters. The highest BCUT2D eigenvalue weighted by atomic mass is 32.2. The number of carbonyl (C=O) groups excluding carboxylic acids is 1. The molecule has 6 nitrogen and oxygen atoms in total. The molecular formula is C15H21N3O3S. The first-order valence-corrected chi connectivity index (χ1v) is 8.66. The van der Waals surface area contributed by atoms with Crippen molar-refractivity contribution in [2.75, 3.05) is 26.2 Å². The van der Waals surface area contributed by atoms with Crippen LogP contribution in [-0.4, -0.2) is 45.4 Å². The number of benzene rings is 1. The zero-order valence-electron chi connectivity index (χ0n) is 12.4. The van der Waals surface area contributed by atoms with Gasteiger partial charge in [-0.2, -0.15) is 0 Å². The normalized spacial score (nSPS) is 18.4. The Hall–Kier alpha value is -1.70. The smallest absolute Gasteiger partial charge is 0.253 e. The second-order valence-electron chi connectivity index (χ2n) is 5.31. The summed E-state index contributed by atoms with van der Waals surface area (Å²) in [4.78, 5) is 14.3. The van der Waals surface area contributed by atoms with Crippen molar-refractivity contribution in [1.29, 1.82) is 0 Å². The molecule has 1 aromatic carbocycles. The molecule has 0 bridgehead atoms. The number of likely N-dealkylation sites (tertiary alicyclic amines) is 1. The zero-order chi connectivity index (χ0) is 16.2. The second kappa shape index (κ2) is 7.04. The van der Waals surface area contributed by atoms with E-state index in [0.717, 1.165) is 6.42 Å². The average molecular weight is 323 g/mol. The fourth-order valence-corrected chi connectivity index (χ4v) is 3.48. The molecule has 0 spiro atoms. The highest BCUT2D eigenvalue weighted by molar-refractivity contribution is 7.89. The number of amides is 1. The molecular weight excluding hydrogens is 302 g/mol. The number of rotatable bonds is 6. The van der Waals surface area contributed by atoms with Crippen LogP contribution in [0.5, 0.6) is 0 Å². The predicted molar refractivity (Wildman–Crippen MR) is 84.9 cm³/mol. The molecule has 0 aromatic heterocycles. The van der Waals surface area contributed by atoms with Crippen LogP contribution < -0.4 is 10.5 Å². The van der Waals surface area contributed by atoms with Gasteiger partial charge >= 0.3 is 0 Å². The van der Waals surface area contributed by atoms with Crippen molar-refractivity contribution in [3.8, 4) is 0 Å². The first-order chi connectivity index (χ1) is 10.5. The van der Waals surface area contributed by atoms with E-state index in [1.165, 1.54) is 18.2 Å². The summed E-state index contributed by atoms with van der Waals surface area (Å²) in [6.07, 6.45) is 2.35. The molecule has 0 radical (unpaired) electrons. The van der Waals surface area contributed by atoms with Gasteiger partial charge in [0, 0.05) is 25.2 Å². The van der Waals surface area contributed by atoms with Crippen LogP contribution in [0.2, 0.25) is 0 Å². The molecule has 2 rings (SSSR count). The van der Waals surface area contributed by atoms with Crippen LogP contribution in [0.15, 0.2) is 41.8 Å². The van der Waals surface area contributed by atoms with E-state index in [1.807, 2.05) is 0 Å². The Morgan fingerprint density at radius 3 is 2.91 bits per heavy atom. The van der Waals surface area contributed by atoms with Crippen LogP contribution >= 0.6 is 0 Å². The Morgan fingerprint density at radius 1 is 1.50 bits per heavy atom. The Balaban J connectivity index is 2.18. The lowest BCUT2D eigenvalue weighted by Gasteiger charge is -2.16. The van der Waals surface area contributed by atoms with Gasteiger partial charge in [0.25, 0.3) is 5.91 Å². The fraction of sp³-hybridized carbons (Fsp3) is 0.400. The molecule has 3 N–H and O–H groups in total. The van der Waals surface area contributed by atoms with Crippen molar-refractivity contribution in [3.63, 3.8) is 0 Å². The molecule has 0 saturated carbocycles. The number of carbonyl (C=O) groups is 1. The number of nitrogens with zero attached hydrogens (tertiary/aromatic N) is 1. The van der Waals surface area contributed by atoms with E-state index in [9.17, 15) is 13.2 Å². The van der Waals surface area contributed by atoms with Crippen molar-refractivity contribution in [1.82, 2.24) is 9.62 Å². The molecule has 1 saturated heterocycles. The molecule has 22 heavy (non-hydrogen) atoms. The van der Waals surface area contributed by atoms with Gasteiger partial charge in [-0.1, -0.05) is 12.1 Å². The maximum atomic E-state index is 12.5. The second-order valence-corrected chi connectivity index (χ2v) is 7.08. The molecule has 120 valence electrons. The molecule has 1 amide bonds. The highest BCUT2D eigenvalue weighted by Crippen LogP contribution is 2.19. The van der Waals surface area contributed by atoms with Crippen LogP contribution in [0.1, 0.15) is 16.8 Å². The Labute approximate surface area is 131 Å². The molecule has 1 fully saturated rings. The first-order valence-electron chi connectivity index (χ1n) is 7.18. The van der Waals surface area contributed by atoms with E-state index >= 15 is 0 Å². The minimum Gasteiger partial charge on any atom is -0.338 e. The van der Waals surface area contributed by atoms with Crippen molar-refractivity contribution in [2.45, 2.75) is 11.3 Å². The molecule has 7 heteroatoms. The van der Waals surface area contributed by atoms with Gasteiger partial charge in [0.15, 0.2) is 0 Å². The lowest BCUT2D eigenvalue weighted by molar-refractivity contribution is 0.0787. The van der Waals surface area contributed by atoms with Gasteiger partial charge in [-0.05, 0) is 37.1 Å². The molecule has 0 aliphatic carbocycles. The van der Waals surface area contributed by atoms with E-state index in [2.05, 4.69) is 11.3 Å². The summed E-state index contributed by atoms with van der Waals surface area (Å²) < 4.78 is 26.6. The SMILES string of the molecule is C=CCNS(=O)(=O)c1cccc(C(=O)N2CCC(CN)C2)c1. The summed E-state index contributed by atoms with van der Waals surface area (Å²) in [7, 11) is -3.63. The fourth-order valence-electron chi connectivity index (χ4n) is 2.44. The quantitative estimate of drug-likeness (QED) is 0.749. The predicted octanol–water partition coefficient (Wildman–Crippen LogP) is 0.572. The molecule has 1 heterocycles. The van der Waals surface area contributed by atoms with Gasteiger partial charge in [0.2, 0.25) is 10.0 Å². The molecule has 1 aliphatic heterocycles. The summed E-state index contributed by atoms with van der Waals surface area (Å²) in [5, 5.41) is 0. The van der Waals surface area contributed by atoms with E-state index in [4.69, 9.17) is 5.73 Å². The van der Waals surface area contributed by atoms with Crippen molar-refractivity contribution in [2.24, 2.45) is 11.7 Å². The van der Waals surface area contributed by atoms with Gasteiger partial charge < -0.3 is 10.6 Å². The third kappa shape index (κ3) is 3.73. The summed E-state index contributed by atoms with van der Waals surface area (Å²) in [6, 6.07) is 6.08. The zero-order valence-corrected chi connectivity index (χ0v) is 13.2. The van der Waals surface area contributed by atoms with Crippen LogP contribution in [0.25, 0.3) is 0 Å². The number of hydrogen-bond donors (Lipinski definition) is 2. The van der Waals surface area contributed by atoms with Crippen molar-refractivity contribution in [3.05, 3.63) is 42.5 Å². The molecule has 1 unspecified atom stereocenters. The highest BCUT2D eigenvalue weighted by Gasteiger charge is 2.26. The average Bonchev–Trinajstić information content (AvgIpc) is 3.01. The third-order valence-electron chi connectivity index (χ3n) is 3.72. The number of nitrogens with one attached hydrogen (secondary N) is 1. The Kier molecular flexibility index (Phi) is 5.33. The van der Waals surface area contributed by atoms with Gasteiger partial charge in [0.05, 0.1) is 4.90 Å². The number of nitrogens with two attached hydrogens (primary N) is 1. The van der Waals surface area contributed by atoms with Crippen molar-refractivity contribution >= 4 is 15.9 Å². The van der Waals surface area contributed by atoms with Crippen LogP contribution in [0.4, 0.5) is 0 Å². The summed E-state index contributed by atoms with van der Waals surface area (Å²) >= 11 is 0. The Morgan fingerprint density at radius 2 is 2.27 bits per heavy atom. The van der Waals surface area contributed by atoms with Gasteiger partial charge in [0.1, 0.15) is 0 Å². The topological polar surface area (TPSA) is 92.5 Å². The maximum Gasteiger partial charge on any atom is 0.253 e. The summed E-state index contributed by atoms with van der Waals surface area (Å²) in [5.74, 6) is 0.168. The number of sulfonamides is 1. The van der Waals surface area contributed by atoms with E-state index in [0.29, 0.717) is 31.1 Å². The monoisotopic (exact) mass is 323 g/mol. The van der Waals surface area contributed by atoms with E-state index in [1.54, 1.807) is 17.0 Å². The minimum atomic E-state index is -3.63. The van der Waals surface area contributed by atoms with E-state index < -0.39 is 10.0 Å². The maximum absolute atomic E-state index is 12.5. The molecule has 1 aromatic rings. The minimum absolute atomic E-state index is 0.0785. The van der Waals surface area contributed by atoms with Gasteiger partial charge in [-0.25, -0.2) is 13.1 Å². The lowest BCUT2D eigenvalue weighted by atomic mass is 10.1. The van der Waals surface area contributed by atoms with Crippen LogP contribution in [0.3, 0.4) is 0 Å². The Bertz CT molecular complexity index is 658. The first kappa shape index (κ1) is 16.7. The molecule has 1 aliphatic rings. The summed E-state index contributed by atoms with van der Waals surface area (Å²) in [5.41, 5.74) is 6.00. The van der Waals surface area contributed by atoms with E-state index in [-0.39, 0.29) is 17.3 Å². The van der Waals surface area contributed by atoms with Crippen molar-refractivity contribution < 1.29 is 13.2 Å². The standard InChI is InChI=1S/C15H21N3O3S/c1-2-7-17-22(20,21)14-5-3-4-13(9-14)15(19)18-8-6-12(10-16)11-18/h2-5,9,12,17H,1,6-8,10-11,16H2. The van der Waals surface area contributed by atoms with Gasteiger partial charge in [-0.15, -0.1) is 6.58 Å². The van der Waals surface area contributed by atoms with Gasteiger partial charge in [-0.3, -0.25) is 4.79 Å². The lowest BCUT2D eigenvalue weighted by Crippen LogP contribution is -2.30. The summed E-state index contributed by atoms with van der Waals surface area (Å²) in [6.45, 7) is 5.46. The number of hydrogen-bond acceptors (Lipinski definition) is 4. The largest absolute Gasteiger partial charge is 0.338 e. The van der Waals surface area contributed by atoms with Crippen LogP contribution in [-0.2, 0) is 10.0 Å². The third-order valence-corrected chi connectivity index (χ3v) is 5.14. The van der Waals surface area contributed by atoms with Crippen LogP contribution in [0, 0.1) is 5.92 Å².